The lowest BCUT2D eigenvalue weighted by atomic mass is 9.72. The molecule has 1 aliphatic rings. The Morgan fingerprint density at radius 1 is 1.00 bits per heavy atom. The van der Waals surface area contributed by atoms with E-state index in [1.807, 2.05) is 19.9 Å². The molecule has 0 unspecified atom stereocenters. The Morgan fingerprint density at radius 2 is 1.53 bits per heavy atom. The minimum Gasteiger partial charge on any atom is -0.277 e. The number of urea groups is 1. The van der Waals surface area contributed by atoms with Crippen LogP contribution in [0.25, 0.3) is 0 Å². The first kappa shape index (κ1) is 13.3. The number of hydrogen-bond donors (Lipinski definition) is 2. The minimum absolute atomic E-state index is 0.130. The fraction of sp³-hybridized carbons (Fsp3) is 0.357. The molecule has 0 saturated carbocycles. The van der Waals surface area contributed by atoms with Crippen molar-refractivity contribution in [1.82, 2.24) is 10.6 Å². The lowest BCUT2D eigenvalue weighted by Gasteiger charge is -2.35. The van der Waals surface area contributed by atoms with Crippen LogP contribution in [-0.2, 0) is 15.0 Å². The predicted molar refractivity (Wildman–Crippen MR) is 69.3 cm³/mol. The highest BCUT2D eigenvalue weighted by atomic mass is 16.2. The van der Waals surface area contributed by atoms with Gasteiger partial charge in [-0.3, -0.25) is 20.2 Å². The first-order chi connectivity index (χ1) is 8.96. The van der Waals surface area contributed by atoms with E-state index in [0.29, 0.717) is 12.0 Å². The van der Waals surface area contributed by atoms with Gasteiger partial charge in [0.05, 0.1) is 0 Å². The summed E-state index contributed by atoms with van der Waals surface area (Å²) >= 11 is 0. The van der Waals surface area contributed by atoms with Crippen molar-refractivity contribution in [3.8, 4) is 0 Å². The average molecular weight is 260 g/mol. The van der Waals surface area contributed by atoms with Crippen molar-refractivity contribution in [3.05, 3.63) is 35.9 Å². The van der Waals surface area contributed by atoms with Gasteiger partial charge >= 0.3 is 6.03 Å². The van der Waals surface area contributed by atoms with E-state index >= 15 is 0 Å². The number of nitrogens with one attached hydrogen (secondary N) is 2. The van der Waals surface area contributed by atoms with Crippen molar-refractivity contribution in [2.24, 2.45) is 5.92 Å². The monoisotopic (exact) mass is 260 g/mol. The van der Waals surface area contributed by atoms with Crippen LogP contribution in [0.2, 0.25) is 0 Å². The van der Waals surface area contributed by atoms with Crippen LogP contribution in [-0.4, -0.2) is 17.8 Å². The summed E-state index contributed by atoms with van der Waals surface area (Å²) in [5.74, 6) is -0.979. The molecule has 2 rings (SSSR count). The fourth-order valence-electron chi connectivity index (χ4n) is 2.45. The Balaban J connectivity index is 2.54. The molecule has 1 aliphatic heterocycles. The Labute approximate surface area is 111 Å². The SMILES string of the molecule is CC(C)CC1(c2ccccc2)C(=O)NC(=O)NC1=O. The minimum atomic E-state index is -1.33. The first-order valence-corrected chi connectivity index (χ1v) is 6.19. The number of benzene rings is 1. The van der Waals surface area contributed by atoms with Crippen molar-refractivity contribution >= 4 is 17.8 Å². The number of carbonyl (C=O) groups excluding carboxylic acids is 3. The molecule has 1 fully saturated rings. The Morgan fingerprint density at radius 3 is 2.00 bits per heavy atom. The van der Waals surface area contributed by atoms with Crippen molar-refractivity contribution in [3.63, 3.8) is 0 Å². The second kappa shape index (κ2) is 4.84. The summed E-state index contributed by atoms with van der Waals surface area (Å²) in [6.45, 7) is 3.86. The van der Waals surface area contributed by atoms with E-state index in [4.69, 9.17) is 0 Å². The molecule has 100 valence electrons. The summed E-state index contributed by atoms with van der Waals surface area (Å²) in [5, 5.41) is 4.39. The highest BCUT2D eigenvalue weighted by molar-refractivity contribution is 6.22. The van der Waals surface area contributed by atoms with Crippen molar-refractivity contribution in [2.75, 3.05) is 0 Å². The summed E-state index contributed by atoms with van der Waals surface area (Å²) < 4.78 is 0. The summed E-state index contributed by atoms with van der Waals surface area (Å²) in [4.78, 5) is 35.8. The highest BCUT2D eigenvalue weighted by Crippen LogP contribution is 2.33. The third-order valence-corrected chi connectivity index (χ3v) is 3.21. The molecular weight excluding hydrogens is 244 g/mol. The van der Waals surface area contributed by atoms with Crippen molar-refractivity contribution in [2.45, 2.75) is 25.7 Å². The topological polar surface area (TPSA) is 75.3 Å². The molecule has 5 heteroatoms. The zero-order valence-electron chi connectivity index (χ0n) is 10.9. The van der Waals surface area contributed by atoms with Gasteiger partial charge in [-0.05, 0) is 17.9 Å². The summed E-state index contributed by atoms with van der Waals surface area (Å²) in [5.41, 5.74) is -0.727. The van der Waals surface area contributed by atoms with Gasteiger partial charge in [0.25, 0.3) is 0 Å². The maximum absolute atomic E-state index is 12.3. The van der Waals surface area contributed by atoms with Crippen LogP contribution in [0, 0.1) is 5.92 Å². The van der Waals surface area contributed by atoms with Crippen LogP contribution >= 0.6 is 0 Å². The van der Waals surface area contributed by atoms with Crippen molar-refractivity contribution < 1.29 is 14.4 Å². The molecule has 0 spiro atoms. The van der Waals surface area contributed by atoms with E-state index in [1.165, 1.54) is 0 Å². The molecule has 1 aromatic carbocycles. The summed E-state index contributed by atoms with van der Waals surface area (Å²) in [6.07, 6.45) is 0.349. The molecule has 0 aromatic heterocycles. The number of hydrogen-bond acceptors (Lipinski definition) is 3. The number of carbonyl (C=O) groups is 3. The second-order valence-electron chi connectivity index (χ2n) is 5.11. The zero-order valence-corrected chi connectivity index (χ0v) is 10.9. The fourth-order valence-corrected chi connectivity index (χ4v) is 2.45. The largest absolute Gasteiger partial charge is 0.328 e. The number of rotatable bonds is 3. The van der Waals surface area contributed by atoms with Gasteiger partial charge in [0.1, 0.15) is 0 Å². The average Bonchev–Trinajstić information content (AvgIpc) is 2.34. The standard InChI is InChI=1S/C14H16N2O3/c1-9(2)8-14(10-6-4-3-5-7-10)11(17)15-13(19)16-12(14)18/h3-7,9H,8H2,1-2H3,(H2,15,16,17,18,19). The summed E-state index contributed by atoms with van der Waals surface area (Å²) in [7, 11) is 0. The van der Waals surface area contributed by atoms with E-state index in [9.17, 15) is 14.4 Å². The van der Waals surface area contributed by atoms with Gasteiger partial charge in [-0.2, -0.15) is 0 Å². The Bertz CT molecular complexity index is 503. The van der Waals surface area contributed by atoms with Gasteiger partial charge < -0.3 is 0 Å². The van der Waals surface area contributed by atoms with E-state index in [1.54, 1.807) is 24.3 Å². The van der Waals surface area contributed by atoms with E-state index < -0.39 is 23.3 Å². The molecule has 1 heterocycles. The van der Waals surface area contributed by atoms with Gasteiger partial charge in [0.15, 0.2) is 5.41 Å². The maximum Gasteiger partial charge on any atom is 0.328 e. The predicted octanol–water partition coefficient (Wildman–Crippen LogP) is 1.34. The van der Waals surface area contributed by atoms with Crippen LogP contribution in [0.15, 0.2) is 30.3 Å². The van der Waals surface area contributed by atoms with Gasteiger partial charge in [-0.15, -0.1) is 0 Å². The van der Waals surface area contributed by atoms with Gasteiger partial charge in [0, 0.05) is 0 Å². The highest BCUT2D eigenvalue weighted by Gasteiger charge is 2.51. The van der Waals surface area contributed by atoms with Crippen LogP contribution in [0.3, 0.4) is 0 Å². The Kier molecular flexibility index (Phi) is 3.38. The molecular formula is C14H16N2O3. The van der Waals surface area contributed by atoms with Crippen LogP contribution in [0.1, 0.15) is 25.8 Å². The molecule has 2 N–H and O–H groups in total. The smallest absolute Gasteiger partial charge is 0.277 e. The molecule has 5 nitrogen and oxygen atoms in total. The normalized spacial score (nSPS) is 18.2. The quantitative estimate of drug-likeness (QED) is 0.805. The van der Waals surface area contributed by atoms with Crippen LogP contribution in [0.5, 0.6) is 0 Å². The molecule has 0 radical (unpaired) electrons. The lowest BCUT2D eigenvalue weighted by molar-refractivity contribution is -0.139. The zero-order chi connectivity index (χ0) is 14.0. The molecule has 1 aromatic rings. The second-order valence-corrected chi connectivity index (χ2v) is 5.11. The maximum atomic E-state index is 12.3. The molecule has 1 saturated heterocycles. The Hall–Kier alpha value is -2.17. The first-order valence-electron chi connectivity index (χ1n) is 6.19. The molecule has 0 atom stereocenters. The lowest BCUT2D eigenvalue weighted by Crippen LogP contribution is -2.65. The number of amides is 4. The summed E-state index contributed by atoms with van der Waals surface area (Å²) in [6, 6.07) is 8.07. The van der Waals surface area contributed by atoms with Gasteiger partial charge in [-0.25, -0.2) is 4.79 Å². The number of barbiturate groups is 1. The molecule has 0 aliphatic carbocycles. The molecule has 4 amide bonds. The van der Waals surface area contributed by atoms with Gasteiger partial charge in [0.2, 0.25) is 11.8 Å². The van der Waals surface area contributed by atoms with Crippen LogP contribution < -0.4 is 10.6 Å². The third kappa shape index (κ3) is 2.23. The van der Waals surface area contributed by atoms with Crippen molar-refractivity contribution in [1.29, 1.82) is 0 Å². The third-order valence-electron chi connectivity index (χ3n) is 3.21. The van der Waals surface area contributed by atoms with E-state index in [2.05, 4.69) is 10.6 Å². The molecule has 19 heavy (non-hydrogen) atoms. The van der Waals surface area contributed by atoms with Crippen LogP contribution in [0.4, 0.5) is 4.79 Å². The van der Waals surface area contributed by atoms with E-state index in [0.717, 1.165) is 0 Å². The van der Waals surface area contributed by atoms with Gasteiger partial charge in [-0.1, -0.05) is 44.2 Å². The van der Waals surface area contributed by atoms with E-state index in [-0.39, 0.29) is 5.92 Å². The molecule has 0 bridgehead atoms. The number of imide groups is 2.